The molecule has 33 heavy (non-hydrogen) atoms. The van der Waals surface area contributed by atoms with Crippen LogP contribution in [0.3, 0.4) is 0 Å². The Labute approximate surface area is 195 Å². The number of aromatic nitrogens is 1. The fourth-order valence-corrected chi connectivity index (χ4v) is 5.11. The second-order valence-electron chi connectivity index (χ2n) is 7.07. The number of nitrogens with zero attached hydrogens (tertiary/aromatic N) is 1. The highest BCUT2D eigenvalue weighted by molar-refractivity contribution is 7.91. The third-order valence-electron chi connectivity index (χ3n) is 4.82. The van der Waals surface area contributed by atoms with E-state index in [1.807, 2.05) is 31.2 Å². The van der Waals surface area contributed by atoms with Crippen molar-refractivity contribution < 1.29 is 27.1 Å². The maximum atomic E-state index is 12.5. The molecule has 0 aliphatic carbocycles. The van der Waals surface area contributed by atoms with E-state index in [0.29, 0.717) is 34.5 Å². The van der Waals surface area contributed by atoms with Gasteiger partial charge in [-0.05, 0) is 55.5 Å². The second-order valence-corrected chi connectivity index (χ2v) is 10.0. The number of thiazole rings is 1. The van der Waals surface area contributed by atoms with Crippen molar-refractivity contribution in [2.24, 2.45) is 0 Å². The van der Waals surface area contributed by atoms with E-state index in [1.54, 1.807) is 17.5 Å². The highest BCUT2D eigenvalue weighted by atomic mass is 32.2. The maximum absolute atomic E-state index is 12.5. The molecule has 0 unspecified atom stereocenters. The van der Waals surface area contributed by atoms with Gasteiger partial charge in [0.2, 0.25) is 5.91 Å². The summed E-state index contributed by atoms with van der Waals surface area (Å²) in [5.74, 6) is 1.14. The SMILES string of the molecule is CCOc1ccc2oc(-c3csc(NC(=O)CCS(=O)(=O)c4ccc(OC)cc4)n3)cc2c1. The summed E-state index contributed by atoms with van der Waals surface area (Å²) in [6, 6.07) is 13.5. The topological polar surface area (TPSA) is 108 Å². The molecule has 0 saturated carbocycles. The van der Waals surface area contributed by atoms with Crippen LogP contribution in [0.4, 0.5) is 5.13 Å². The number of methoxy groups -OCH3 is 1. The molecule has 2 aromatic carbocycles. The van der Waals surface area contributed by atoms with Gasteiger partial charge in [-0.25, -0.2) is 13.4 Å². The van der Waals surface area contributed by atoms with Gasteiger partial charge >= 0.3 is 0 Å². The molecule has 4 aromatic rings. The lowest BCUT2D eigenvalue weighted by atomic mass is 10.2. The molecule has 172 valence electrons. The molecule has 0 radical (unpaired) electrons. The molecule has 0 atom stereocenters. The van der Waals surface area contributed by atoms with Gasteiger partial charge in [-0.2, -0.15) is 0 Å². The van der Waals surface area contributed by atoms with Crippen molar-refractivity contribution in [3.05, 3.63) is 53.9 Å². The van der Waals surface area contributed by atoms with Crippen molar-refractivity contribution in [3.8, 4) is 23.0 Å². The van der Waals surface area contributed by atoms with E-state index in [2.05, 4.69) is 10.3 Å². The highest BCUT2D eigenvalue weighted by Gasteiger charge is 2.18. The number of rotatable bonds is 9. The van der Waals surface area contributed by atoms with Crippen LogP contribution in [-0.2, 0) is 14.6 Å². The standard InChI is InChI=1S/C23H22N2O6S2/c1-3-30-17-6-9-20-15(12-17)13-21(31-20)19-14-32-23(24-19)25-22(26)10-11-33(27,28)18-7-4-16(29-2)5-8-18/h4-9,12-14H,3,10-11H2,1-2H3,(H,24,25,26). The number of hydrogen-bond acceptors (Lipinski definition) is 8. The molecule has 0 spiro atoms. The van der Waals surface area contributed by atoms with Gasteiger partial charge in [-0.1, -0.05) is 0 Å². The molecule has 0 aliphatic heterocycles. The number of furan rings is 1. The minimum Gasteiger partial charge on any atom is -0.497 e. The fourth-order valence-electron chi connectivity index (χ4n) is 3.16. The van der Waals surface area contributed by atoms with Crippen LogP contribution in [0.1, 0.15) is 13.3 Å². The first-order valence-corrected chi connectivity index (χ1v) is 12.7. The van der Waals surface area contributed by atoms with Crippen LogP contribution in [0.5, 0.6) is 11.5 Å². The average Bonchev–Trinajstić information content (AvgIpc) is 3.44. The quantitative estimate of drug-likeness (QED) is 0.363. The van der Waals surface area contributed by atoms with Gasteiger partial charge in [0.25, 0.3) is 0 Å². The van der Waals surface area contributed by atoms with Crippen molar-refractivity contribution >= 4 is 43.2 Å². The Morgan fingerprint density at radius 3 is 2.61 bits per heavy atom. The zero-order chi connectivity index (χ0) is 23.4. The number of carbonyl (C=O) groups is 1. The summed E-state index contributed by atoms with van der Waals surface area (Å²) < 4.78 is 41.3. The van der Waals surface area contributed by atoms with E-state index in [-0.39, 0.29) is 17.1 Å². The van der Waals surface area contributed by atoms with Gasteiger partial charge in [0.05, 0.1) is 24.4 Å². The van der Waals surface area contributed by atoms with Crippen LogP contribution >= 0.6 is 11.3 Å². The molecular formula is C23H22N2O6S2. The number of hydrogen-bond donors (Lipinski definition) is 1. The van der Waals surface area contributed by atoms with Gasteiger partial charge in [0.15, 0.2) is 20.7 Å². The van der Waals surface area contributed by atoms with Crippen molar-refractivity contribution in [3.63, 3.8) is 0 Å². The molecule has 0 aliphatic rings. The van der Waals surface area contributed by atoms with Gasteiger partial charge < -0.3 is 19.2 Å². The number of amides is 1. The molecule has 2 aromatic heterocycles. The number of ether oxygens (including phenoxy) is 2. The number of nitrogens with one attached hydrogen (secondary N) is 1. The van der Waals surface area contributed by atoms with Crippen LogP contribution in [-0.4, -0.2) is 38.8 Å². The molecule has 0 bridgehead atoms. The maximum Gasteiger partial charge on any atom is 0.227 e. The molecule has 4 rings (SSSR count). The summed E-state index contributed by atoms with van der Waals surface area (Å²) >= 11 is 1.24. The average molecular weight is 487 g/mol. The van der Waals surface area contributed by atoms with Gasteiger partial charge in [-0.3, -0.25) is 4.79 Å². The van der Waals surface area contributed by atoms with Crippen molar-refractivity contribution in [2.45, 2.75) is 18.2 Å². The molecular weight excluding hydrogens is 464 g/mol. The summed E-state index contributed by atoms with van der Waals surface area (Å²) in [4.78, 5) is 16.8. The van der Waals surface area contributed by atoms with Crippen molar-refractivity contribution in [2.75, 3.05) is 24.8 Å². The number of fused-ring (bicyclic) bond motifs is 1. The van der Waals surface area contributed by atoms with E-state index < -0.39 is 15.7 Å². The zero-order valence-corrected chi connectivity index (χ0v) is 19.7. The summed E-state index contributed by atoms with van der Waals surface area (Å²) in [5, 5.41) is 5.68. The van der Waals surface area contributed by atoms with E-state index in [9.17, 15) is 13.2 Å². The summed E-state index contributed by atoms with van der Waals surface area (Å²) in [6.45, 7) is 2.50. The lowest BCUT2D eigenvalue weighted by Gasteiger charge is -2.06. The zero-order valence-electron chi connectivity index (χ0n) is 18.0. The molecule has 1 amide bonds. The lowest BCUT2D eigenvalue weighted by Crippen LogP contribution is -2.17. The minimum atomic E-state index is -3.59. The van der Waals surface area contributed by atoms with E-state index in [1.165, 1.54) is 30.6 Å². The Hall–Kier alpha value is -3.37. The molecule has 0 saturated heterocycles. The first-order chi connectivity index (χ1) is 15.9. The predicted octanol–water partition coefficient (Wildman–Crippen LogP) is 4.77. The number of benzene rings is 2. The number of carbonyl (C=O) groups excluding carboxylic acids is 1. The largest absolute Gasteiger partial charge is 0.497 e. The molecule has 10 heteroatoms. The Kier molecular flexibility index (Phi) is 6.66. The third-order valence-corrected chi connectivity index (χ3v) is 7.31. The molecule has 2 heterocycles. The van der Waals surface area contributed by atoms with Gasteiger partial charge in [0, 0.05) is 17.2 Å². The van der Waals surface area contributed by atoms with Crippen LogP contribution in [0, 0.1) is 0 Å². The van der Waals surface area contributed by atoms with E-state index in [0.717, 1.165) is 11.1 Å². The summed E-state index contributed by atoms with van der Waals surface area (Å²) in [6.07, 6.45) is -0.186. The first-order valence-electron chi connectivity index (χ1n) is 10.2. The van der Waals surface area contributed by atoms with Crippen LogP contribution < -0.4 is 14.8 Å². The van der Waals surface area contributed by atoms with Crippen molar-refractivity contribution in [1.29, 1.82) is 0 Å². The summed E-state index contributed by atoms with van der Waals surface area (Å²) in [7, 11) is -2.09. The van der Waals surface area contributed by atoms with Crippen LogP contribution in [0.25, 0.3) is 22.4 Å². The molecule has 8 nitrogen and oxygen atoms in total. The van der Waals surface area contributed by atoms with Gasteiger partial charge in [-0.15, -0.1) is 11.3 Å². The number of sulfone groups is 1. The highest BCUT2D eigenvalue weighted by Crippen LogP contribution is 2.32. The van der Waals surface area contributed by atoms with Crippen molar-refractivity contribution in [1.82, 2.24) is 4.98 Å². The normalized spacial score (nSPS) is 11.5. The minimum absolute atomic E-state index is 0.144. The molecule has 0 fully saturated rings. The summed E-state index contributed by atoms with van der Waals surface area (Å²) in [5.41, 5.74) is 1.28. The third kappa shape index (κ3) is 5.35. The first kappa shape index (κ1) is 22.8. The monoisotopic (exact) mass is 486 g/mol. The van der Waals surface area contributed by atoms with Crippen LogP contribution in [0.15, 0.2) is 63.2 Å². The van der Waals surface area contributed by atoms with E-state index in [4.69, 9.17) is 13.9 Å². The second kappa shape index (κ2) is 9.63. The lowest BCUT2D eigenvalue weighted by molar-refractivity contribution is -0.115. The fraction of sp³-hybridized carbons (Fsp3) is 0.217. The van der Waals surface area contributed by atoms with Crippen LogP contribution in [0.2, 0.25) is 0 Å². The Balaban J connectivity index is 1.39. The Morgan fingerprint density at radius 1 is 1.12 bits per heavy atom. The Bertz CT molecular complexity index is 1370. The van der Waals surface area contributed by atoms with E-state index >= 15 is 0 Å². The Morgan fingerprint density at radius 2 is 1.88 bits per heavy atom. The van der Waals surface area contributed by atoms with Gasteiger partial charge in [0.1, 0.15) is 22.8 Å². The predicted molar refractivity (Wildman–Crippen MR) is 127 cm³/mol. The smallest absolute Gasteiger partial charge is 0.227 e. The number of anilines is 1. The molecule has 1 N–H and O–H groups in total.